The molecule has 2 aromatic rings. The van der Waals surface area contributed by atoms with Gasteiger partial charge in [-0.1, -0.05) is 5.21 Å². The number of aromatic nitrogens is 4. The fourth-order valence-electron chi connectivity index (χ4n) is 2.19. The maximum Gasteiger partial charge on any atom is 0.358 e. The topological polar surface area (TPSA) is 84.1 Å². The lowest BCUT2D eigenvalue weighted by molar-refractivity contribution is 0.0690. The fourth-order valence-corrected chi connectivity index (χ4v) is 2.19. The van der Waals surface area contributed by atoms with Gasteiger partial charge in [-0.05, 0) is 11.6 Å². The van der Waals surface area contributed by atoms with Gasteiger partial charge in [0, 0.05) is 25.8 Å². The van der Waals surface area contributed by atoms with Crippen molar-refractivity contribution in [1.29, 1.82) is 0 Å². The van der Waals surface area contributed by atoms with Crippen LogP contribution in [0.4, 0.5) is 4.39 Å². The number of aromatic carboxylic acids is 1. The third-order valence-electron chi connectivity index (χ3n) is 3.21. The summed E-state index contributed by atoms with van der Waals surface area (Å²) in [5.41, 5.74) is 0.756. The molecule has 0 spiro atoms. The number of carboxylic acids is 1. The molecule has 3 heterocycles. The molecule has 0 radical (unpaired) electrons. The minimum Gasteiger partial charge on any atom is -0.476 e. The Morgan fingerprint density at radius 2 is 2.25 bits per heavy atom. The van der Waals surface area contributed by atoms with Crippen molar-refractivity contribution in [2.45, 2.75) is 12.6 Å². The number of carboxylic acid groups (broad SMARTS) is 1. The highest BCUT2D eigenvalue weighted by molar-refractivity contribution is 5.84. The van der Waals surface area contributed by atoms with E-state index in [9.17, 15) is 9.18 Å². The summed E-state index contributed by atoms with van der Waals surface area (Å²) in [7, 11) is 0. The molecular formula is C12H12FN5O2. The first-order valence-corrected chi connectivity index (χ1v) is 6.09. The van der Waals surface area contributed by atoms with Crippen molar-refractivity contribution in [2.75, 3.05) is 13.1 Å². The third kappa shape index (κ3) is 2.50. The average molecular weight is 277 g/mol. The van der Waals surface area contributed by atoms with Crippen LogP contribution in [0.2, 0.25) is 0 Å². The van der Waals surface area contributed by atoms with E-state index in [1.807, 2.05) is 0 Å². The fraction of sp³-hybridized carbons (Fsp3) is 0.333. The number of rotatable bonds is 4. The van der Waals surface area contributed by atoms with Gasteiger partial charge in [0.1, 0.15) is 5.82 Å². The Morgan fingerprint density at radius 3 is 2.90 bits per heavy atom. The van der Waals surface area contributed by atoms with Gasteiger partial charge in [-0.25, -0.2) is 13.9 Å². The van der Waals surface area contributed by atoms with Crippen LogP contribution < -0.4 is 0 Å². The molecule has 1 N–H and O–H groups in total. The van der Waals surface area contributed by atoms with E-state index in [1.165, 1.54) is 18.5 Å². The molecule has 104 valence electrons. The first-order chi connectivity index (χ1) is 9.61. The summed E-state index contributed by atoms with van der Waals surface area (Å²) in [6, 6.07) is 1.57. The largest absolute Gasteiger partial charge is 0.476 e. The molecule has 0 amide bonds. The molecule has 0 bridgehead atoms. The molecule has 2 aromatic heterocycles. The molecule has 1 saturated heterocycles. The number of nitrogens with zero attached hydrogens (tertiary/aromatic N) is 5. The number of pyridine rings is 1. The van der Waals surface area contributed by atoms with Crippen LogP contribution in [-0.2, 0) is 6.54 Å². The van der Waals surface area contributed by atoms with Crippen molar-refractivity contribution in [3.05, 3.63) is 41.7 Å². The van der Waals surface area contributed by atoms with Crippen LogP contribution in [0.3, 0.4) is 0 Å². The summed E-state index contributed by atoms with van der Waals surface area (Å²) in [6.45, 7) is 2.06. The predicted molar refractivity (Wildman–Crippen MR) is 65.5 cm³/mol. The van der Waals surface area contributed by atoms with Crippen LogP contribution in [-0.4, -0.2) is 49.0 Å². The lowest BCUT2D eigenvalue weighted by atomic mass is 10.1. The van der Waals surface area contributed by atoms with Gasteiger partial charge in [-0.15, -0.1) is 5.10 Å². The number of hydrogen-bond donors (Lipinski definition) is 1. The van der Waals surface area contributed by atoms with E-state index in [1.54, 1.807) is 10.9 Å². The van der Waals surface area contributed by atoms with E-state index in [-0.39, 0.29) is 17.6 Å². The number of likely N-dealkylation sites (tertiary alicyclic amines) is 1. The Morgan fingerprint density at radius 1 is 1.45 bits per heavy atom. The molecule has 0 saturated carbocycles. The van der Waals surface area contributed by atoms with Gasteiger partial charge in [0.15, 0.2) is 5.69 Å². The summed E-state index contributed by atoms with van der Waals surface area (Å²) < 4.78 is 14.6. The maximum absolute atomic E-state index is 13.0. The molecule has 7 nitrogen and oxygen atoms in total. The number of carbonyl (C=O) groups is 1. The van der Waals surface area contributed by atoms with E-state index in [0.29, 0.717) is 6.54 Å². The van der Waals surface area contributed by atoms with Crippen molar-refractivity contribution in [2.24, 2.45) is 0 Å². The molecule has 1 aliphatic heterocycles. The second-order valence-electron chi connectivity index (χ2n) is 4.75. The Labute approximate surface area is 113 Å². The summed E-state index contributed by atoms with van der Waals surface area (Å²) in [5.74, 6) is -1.43. The van der Waals surface area contributed by atoms with Crippen LogP contribution >= 0.6 is 0 Å². The van der Waals surface area contributed by atoms with Crippen LogP contribution in [0.15, 0.2) is 24.7 Å². The van der Waals surface area contributed by atoms with E-state index in [4.69, 9.17) is 5.11 Å². The molecule has 0 aliphatic carbocycles. The molecule has 3 rings (SSSR count). The van der Waals surface area contributed by atoms with Gasteiger partial charge in [0.25, 0.3) is 0 Å². The van der Waals surface area contributed by atoms with Gasteiger partial charge in [-0.3, -0.25) is 9.88 Å². The van der Waals surface area contributed by atoms with E-state index in [2.05, 4.69) is 20.2 Å². The van der Waals surface area contributed by atoms with Gasteiger partial charge >= 0.3 is 5.97 Å². The van der Waals surface area contributed by atoms with E-state index >= 15 is 0 Å². The normalized spacial score (nSPS) is 16.1. The summed E-state index contributed by atoms with van der Waals surface area (Å²) in [4.78, 5) is 16.6. The minimum atomic E-state index is -1.08. The monoisotopic (exact) mass is 277 g/mol. The molecule has 0 atom stereocenters. The number of hydrogen-bond acceptors (Lipinski definition) is 5. The van der Waals surface area contributed by atoms with E-state index < -0.39 is 5.97 Å². The molecule has 0 unspecified atom stereocenters. The molecule has 8 heteroatoms. The minimum absolute atomic E-state index is 0.0576. The number of halogens is 1. The van der Waals surface area contributed by atoms with Crippen LogP contribution in [0, 0.1) is 5.82 Å². The van der Waals surface area contributed by atoms with Crippen molar-refractivity contribution in [1.82, 2.24) is 24.9 Å². The molecular weight excluding hydrogens is 265 g/mol. The zero-order valence-electron chi connectivity index (χ0n) is 10.5. The summed E-state index contributed by atoms with van der Waals surface area (Å²) >= 11 is 0. The standard InChI is InChI=1S/C12H12FN5O2/c13-9-1-8(2-14-3-9)4-17-5-10(6-17)18-7-11(12(19)20)15-16-18/h1-3,7,10H,4-6H2,(H,19,20). The van der Waals surface area contributed by atoms with Crippen molar-refractivity contribution < 1.29 is 14.3 Å². The highest BCUT2D eigenvalue weighted by Crippen LogP contribution is 2.22. The Bertz CT molecular complexity index is 638. The van der Waals surface area contributed by atoms with Crippen LogP contribution in [0.1, 0.15) is 22.1 Å². The SMILES string of the molecule is O=C(O)c1cn(C2CN(Cc3cncc(F)c3)C2)nn1. The summed E-state index contributed by atoms with van der Waals surface area (Å²) in [6.07, 6.45) is 4.23. The van der Waals surface area contributed by atoms with Crippen LogP contribution in [0.5, 0.6) is 0 Å². The maximum atomic E-state index is 13.0. The van der Waals surface area contributed by atoms with Gasteiger partial charge in [0.2, 0.25) is 0 Å². The first kappa shape index (κ1) is 12.7. The van der Waals surface area contributed by atoms with E-state index in [0.717, 1.165) is 18.7 Å². The van der Waals surface area contributed by atoms with Gasteiger partial charge in [-0.2, -0.15) is 0 Å². The van der Waals surface area contributed by atoms with Crippen molar-refractivity contribution >= 4 is 5.97 Å². The smallest absolute Gasteiger partial charge is 0.358 e. The predicted octanol–water partition coefficient (Wildman–Crippen LogP) is 0.567. The second kappa shape index (κ2) is 4.97. The lowest BCUT2D eigenvalue weighted by Gasteiger charge is -2.38. The first-order valence-electron chi connectivity index (χ1n) is 6.09. The Kier molecular flexibility index (Phi) is 3.15. The third-order valence-corrected chi connectivity index (χ3v) is 3.21. The molecule has 20 heavy (non-hydrogen) atoms. The Hall–Kier alpha value is -2.35. The molecule has 0 aromatic carbocycles. The van der Waals surface area contributed by atoms with Crippen molar-refractivity contribution in [3.63, 3.8) is 0 Å². The summed E-state index contributed by atoms with van der Waals surface area (Å²) in [5, 5.41) is 16.2. The zero-order valence-corrected chi connectivity index (χ0v) is 10.5. The molecule has 1 fully saturated rings. The zero-order chi connectivity index (χ0) is 14.1. The average Bonchev–Trinajstić information content (AvgIpc) is 2.82. The highest BCUT2D eigenvalue weighted by Gasteiger charge is 2.29. The van der Waals surface area contributed by atoms with Gasteiger partial charge < -0.3 is 5.11 Å². The highest BCUT2D eigenvalue weighted by atomic mass is 19.1. The van der Waals surface area contributed by atoms with Crippen molar-refractivity contribution in [3.8, 4) is 0 Å². The molecule has 1 aliphatic rings. The second-order valence-corrected chi connectivity index (χ2v) is 4.75. The van der Waals surface area contributed by atoms with Crippen LogP contribution in [0.25, 0.3) is 0 Å². The Balaban J connectivity index is 1.57. The van der Waals surface area contributed by atoms with Gasteiger partial charge in [0.05, 0.1) is 18.4 Å². The quantitative estimate of drug-likeness (QED) is 0.879. The lowest BCUT2D eigenvalue weighted by Crippen LogP contribution is -2.47.